The number of aryl methyl sites for hydroxylation is 1. The maximum absolute atomic E-state index is 12.5. The average Bonchev–Trinajstić information content (AvgIpc) is 2.79. The molecule has 1 fully saturated rings. The zero-order valence-corrected chi connectivity index (χ0v) is 20.4. The molecule has 3 rings (SSSR count). The van der Waals surface area contributed by atoms with Crippen molar-refractivity contribution in [3.05, 3.63) is 57.0 Å². The molecular formula is C25H35N5O3. The predicted molar refractivity (Wildman–Crippen MR) is 130 cm³/mol. The number of nitro benzene ring substituents is 1. The molecule has 1 aromatic carbocycles. The maximum Gasteiger partial charge on any atom is 0.269 e. The third-order valence-corrected chi connectivity index (χ3v) is 6.31. The van der Waals surface area contributed by atoms with Crippen molar-refractivity contribution < 1.29 is 9.72 Å². The van der Waals surface area contributed by atoms with Gasteiger partial charge in [-0.3, -0.25) is 14.9 Å². The summed E-state index contributed by atoms with van der Waals surface area (Å²) in [7, 11) is 0. The number of nitro groups is 1. The summed E-state index contributed by atoms with van der Waals surface area (Å²) in [6.07, 6.45) is 2.14. The normalized spacial score (nSPS) is 15.1. The first-order valence-corrected chi connectivity index (χ1v) is 11.8. The highest BCUT2D eigenvalue weighted by atomic mass is 16.6. The number of hydrogen-bond acceptors (Lipinski definition) is 6. The Hall–Kier alpha value is -3.03. The number of non-ortho nitro benzene ring substituents is 1. The average molecular weight is 454 g/mol. The summed E-state index contributed by atoms with van der Waals surface area (Å²) in [5.41, 5.74) is 3.04. The van der Waals surface area contributed by atoms with Gasteiger partial charge in [0.15, 0.2) is 0 Å². The summed E-state index contributed by atoms with van der Waals surface area (Å²) in [6.45, 7) is 13.2. The molecule has 1 atom stereocenters. The lowest BCUT2D eigenvalue weighted by Crippen LogP contribution is -2.49. The molecule has 1 aromatic heterocycles. The molecule has 2 aromatic rings. The van der Waals surface area contributed by atoms with E-state index in [-0.39, 0.29) is 22.4 Å². The van der Waals surface area contributed by atoms with Crippen LogP contribution >= 0.6 is 0 Å². The summed E-state index contributed by atoms with van der Waals surface area (Å²) in [4.78, 5) is 37.1. The molecule has 178 valence electrons. The first-order valence-electron chi connectivity index (χ1n) is 11.8. The number of aromatic nitrogens is 2. The molecule has 0 aliphatic carbocycles. The number of rotatable bonds is 8. The van der Waals surface area contributed by atoms with Crippen molar-refractivity contribution in [1.82, 2.24) is 14.9 Å². The number of carbonyl (C=O) groups is 1. The molecular weight excluding hydrogens is 418 g/mol. The van der Waals surface area contributed by atoms with Crippen LogP contribution in [0.4, 0.5) is 11.5 Å². The number of amides is 1. The summed E-state index contributed by atoms with van der Waals surface area (Å²) in [5.74, 6) is 2.59. The van der Waals surface area contributed by atoms with Crippen LogP contribution in [0.15, 0.2) is 24.3 Å². The highest BCUT2D eigenvalue weighted by Gasteiger charge is 2.26. The molecule has 1 aliphatic rings. The van der Waals surface area contributed by atoms with Crippen molar-refractivity contribution >= 4 is 17.4 Å². The fourth-order valence-corrected chi connectivity index (χ4v) is 4.06. The topological polar surface area (TPSA) is 92.5 Å². The number of anilines is 1. The Morgan fingerprint density at radius 3 is 2.27 bits per heavy atom. The summed E-state index contributed by atoms with van der Waals surface area (Å²) in [5, 5.41) is 11.0. The Labute approximate surface area is 196 Å². The molecule has 0 unspecified atom stereocenters. The molecule has 2 heterocycles. The van der Waals surface area contributed by atoms with Crippen LogP contribution in [0, 0.1) is 23.0 Å². The summed E-state index contributed by atoms with van der Waals surface area (Å²) < 4.78 is 0. The van der Waals surface area contributed by atoms with E-state index < -0.39 is 0 Å². The quantitative estimate of drug-likeness (QED) is 0.432. The Bertz CT molecular complexity index is 982. The van der Waals surface area contributed by atoms with Gasteiger partial charge in [-0.25, -0.2) is 9.97 Å². The molecule has 0 N–H and O–H groups in total. The Balaban J connectivity index is 1.88. The van der Waals surface area contributed by atoms with Crippen LogP contribution in [0.3, 0.4) is 0 Å². The number of nitrogens with zero attached hydrogens (tertiary/aromatic N) is 5. The van der Waals surface area contributed by atoms with Gasteiger partial charge in [0.25, 0.3) is 5.69 Å². The summed E-state index contributed by atoms with van der Waals surface area (Å²) in [6, 6.07) is 6.68. The van der Waals surface area contributed by atoms with Crippen molar-refractivity contribution in [3.63, 3.8) is 0 Å². The zero-order valence-electron chi connectivity index (χ0n) is 20.4. The summed E-state index contributed by atoms with van der Waals surface area (Å²) >= 11 is 0. The van der Waals surface area contributed by atoms with E-state index in [1.165, 1.54) is 12.1 Å². The van der Waals surface area contributed by atoms with E-state index in [4.69, 9.17) is 9.97 Å². The van der Waals surface area contributed by atoms with Gasteiger partial charge in [0.1, 0.15) is 11.6 Å². The number of piperazine rings is 1. The lowest BCUT2D eigenvalue weighted by atomic mass is 10.0. The smallest absolute Gasteiger partial charge is 0.269 e. The van der Waals surface area contributed by atoms with E-state index in [0.29, 0.717) is 31.8 Å². The van der Waals surface area contributed by atoms with Crippen molar-refractivity contribution in [2.24, 2.45) is 5.92 Å². The largest absolute Gasteiger partial charge is 0.353 e. The van der Waals surface area contributed by atoms with Gasteiger partial charge in [-0.2, -0.15) is 0 Å². The second kappa shape index (κ2) is 10.7. The Kier molecular flexibility index (Phi) is 8.00. The van der Waals surface area contributed by atoms with Gasteiger partial charge < -0.3 is 9.80 Å². The Morgan fingerprint density at radius 1 is 1.09 bits per heavy atom. The molecule has 1 amide bonds. The monoisotopic (exact) mass is 453 g/mol. The third kappa shape index (κ3) is 6.06. The van der Waals surface area contributed by atoms with Crippen LogP contribution in [-0.2, 0) is 11.2 Å². The van der Waals surface area contributed by atoms with E-state index in [2.05, 4.69) is 32.6 Å². The van der Waals surface area contributed by atoms with Crippen molar-refractivity contribution in [2.75, 3.05) is 31.1 Å². The van der Waals surface area contributed by atoms with Gasteiger partial charge in [0.2, 0.25) is 5.91 Å². The van der Waals surface area contributed by atoms with Crippen molar-refractivity contribution in [2.45, 2.75) is 59.8 Å². The van der Waals surface area contributed by atoms with Crippen molar-refractivity contribution in [3.8, 4) is 0 Å². The minimum absolute atomic E-state index is 0.0845. The van der Waals surface area contributed by atoms with E-state index in [1.807, 2.05) is 11.8 Å². The van der Waals surface area contributed by atoms with Gasteiger partial charge >= 0.3 is 0 Å². The molecule has 33 heavy (non-hydrogen) atoms. The molecule has 8 heteroatoms. The van der Waals surface area contributed by atoms with Gasteiger partial charge in [-0.05, 0) is 24.8 Å². The van der Waals surface area contributed by atoms with Gasteiger partial charge in [-0.1, -0.05) is 39.8 Å². The van der Waals surface area contributed by atoms with Crippen LogP contribution < -0.4 is 4.90 Å². The third-order valence-electron chi connectivity index (χ3n) is 6.31. The minimum Gasteiger partial charge on any atom is -0.353 e. The lowest BCUT2D eigenvalue weighted by molar-refractivity contribution is -0.384. The lowest BCUT2D eigenvalue weighted by Gasteiger charge is -2.37. The van der Waals surface area contributed by atoms with Crippen LogP contribution in [0.5, 0.6) is 0 Å². The first-order chi connectivity index (χ1) is 15.7. The van der Waals surface area contributed by atoms with Crippen LogP contribution in [0.1, 0.15) is 69.1 Å². The van der Waals surface area contributed by atoms with Gasteiger partial charge in [-0.15, -0.1) is 0 Å². The second-order valence-electron chi connectivity index (χ2n) is 9.34. The number of hydrogen-bond donors (Lipinski definition) is 0. The fraction of sp³-hybridized carbons (Fsp3) is 0.560. The van der Waals surface area contributed by atoms with E-state index in [0.717, 1.165) is 48.0 Å². The van der Waals surface area contributed by atoms with Crippen LogP contribution in [-0.4, -0.2) is 51.9 Å². The van der Waals surface area contributed by atoms with Gasteiger partial charge in [0, 0.05) is 68.3 Å². The standard InChI is InChI=1S/C25H35N5O3/c1-6-18(4)24-26-19(5)22(16-20-7-9-21(10-8-20)30(32)33)25(27-24)29-13-11-28(12-14-29)23(31)15-17(2)3/h7-10,17-18H,6,11-16H2,1-5H3/t18-/m1/s1. The van der Waals surface area contributed by atoms with Crippen LogP contribution in [0.2, 0.25) is 0 Å². The molecule has 0 saturated carbocycles. The number of carbonyl (C=O) groups excluding carboxylic acids is 1. The molecule has 0 bridgehead atoms. The van der Waals surface area contributed by atoms with Crippen molar-refractivity contribution in [1.29, 1.82) is 0 Å². The predicted octanol–water partition coefficient (Wildman–Crippen LogP) is 4.49. The molecule has 1 saturated heterocycles. The second-order valence-corrected chi connectivity index (χ2v) is 9.34. The molecule has 1 aliphatic heterocycles. The van der Waals surface area contributed by atoms with E-state index in [1.54, 1.807) is 12.1 Å². The number of benzene rings is 1. The molecule has 0 radical (unpaired) electrons. The van der Waals surface area contributed by atoms with Gasteiger partial charge in [0.05, 0.1) is 4.92 Å². The highest BCUT2D eigenvalue weighted by molar-refractivity contribution is 5.76. The minimum atomic E-state index is -0.384. The SMILES string of the molecule is CC[C@@H](C)c1nc(C)c(Cc2ccc([N+](=O)[O-])cc2)c(N2CCN(C(=O)CC(C)C)CC2)n1. The molecule has 8 nitrogen and oxygen atoms in total. The first kappa shape index (κ1) is 24.6. The highest BCUT2D eigenvalue weighted by Crippen LogP contribution is 2.28. The fourth-order valence-electron chi connectivity index (χ4n) is 4.06. The van der Waals surface area contributed by atoms with Crippen LogP contribution in [0.25, 0.3) is 0 Å². The Morgan fingerprint density at radius 2 is 1.73 bits per heavy atom. The molecule has 0 spiro atoms. The zero-order chi connectivity index (χ0) is 24.1. The van der Waals surface area contributed by atoms with E-state index in [9.17, 15) is 14.9 Å². The van der Waals surface area contributed by atoms with E-state index >= 15 is 0 Å². The maximum atomic E-state index is 12.5.